The molecule has 10 nitrogen and oxygen atoms in total. The number of nitrogens with two attached hydrogens (primary N) is 2. The highest BCUT2D eigenvalue weighted by Gasteiger charge is 2.18. The molecule has 5 rings (SSSR count). The average molecular weight is 488 g/mol. The van der Waals surface area contributed by atoms with Gasteiger partial charge in [0.05, 0.1) is 21.8 Å². The number of benzene rings is 3. The van der Waals surface area contributed by atoms with Crippen molar-refractivity contribution in [3.63, 3.8) is 0 Å². The number of nitrogens with zero attached hydrogens (tertiary/aromatic N) is 3. The van der Waals surface area contributed by atoms with Gasteiger partial charge in [-0.25, -0.2) is 18.2 Å². The van der Waals surface area contributed by atoms with Crippen LogP contribution in [0.1, 0.15) is 16.2 Å². The summed E-state index contributed by atoms with van der Waals surface area (Å²) in [6, 6.07) is 20.5. The second-order valence-electron chi connectivity index (χ2n) is 7.99. The maximum absolute atomic E-state index is 13.1. The molecule has 35 heavy (non-hydrogen) atoms. The molecule has 0 radical (unpaired) electrons. The predicted molar refractivity (Wildman–Crippen MR) is 134 cm³/mol. The number of amides is 1. The third kappa shape index (κ3) is 4.25. The second kappa shape index (κ2) is 8.38. The molecule has 0 fully saturated rings. The van der Waals surface area contributed by atoms with Gasteiger partial charge in [0.25, 0.3) is 5.91 Å². The summed E-state index contributed by atoms with van der Waals surface area (Å²) in [4.78, 5) is 13.2. The maximum atomic E-state index is 13.1. The number of primary sulfonamides is 1. The van der Waals surface area contributed by atoms with Crippen LogP contribution in [-0.2, 0) is 10.0 Å². The highest BCUT2D eigenvalue weighted by atomic mass is 32.2. The van der Waals surface area contributed by atoms with Crippen LogP contribution in [0, 0.1) is 6.92 Å². The van der Waals surface area contributed by atoms with Crippen molar-refractivity contribution in [2.24, 2.45) is 5.14 Å². The zero-order valence-corrected chi connectivity index (χ0v) is 19.4. The van der Waals surface area contributed by atoms with Gasteiger partial charge in [-0.1, -0.05) is 30.3 Å². The molecule has 0 bridgehead atoms. The van der Waals surface area contributed by atoms with E-state index in [1.807, 2.05) is 18.2 Å². The fourth-order valence-corrected chi connectivity index (χ4v) is 4.65. The van der Waals surface area contributed by atoms with Gasteiger partial charge in [-0.15, -0.1) is 0 Å². The minimum Gasteiger partial charge on any atom is -0.382 e. The zero-order valence-electron chi connectivity index (χ0n) is 18.6. The highest BCUT2D eigenvalue weighted by Crippen LogP contribution is 2.28. The zero-order chi connectivity index (χ0) is 24.7. The van der Waals surface area contributed by atoms with Crippen LogP contribution < -0.4 is 16.2 Å². The number of carbonyl (C=O) groups excluding carboxylic acids is 1. The molecule has 2 heterocycles. The SMILES string of the molecule is Cc1cc(C(=O)Nc2ccc(-c3ccccc3S(N)(=O)=O)cc2)n(-c2ccc3[nH]nc(N)c3c2)n1. The Kier molecular flexibility index (Phi) is 5.35. The number of carbonyl (C=O) groups is 1. The average Bonchev–Trinajstić information content (AvgIpc) is 3.41. The number of aromatic amines is 1. The summed E-state index contributed by atoms with van der Waals surface area (Å²) >= 11 is 0. The van der Waals surface area contributed by atoms with Gasteiger partial charge in [-0.3, -0.25) is 9.89 Å². The maximum Gasteiger partial charge on any atom is 0.274 e. The van der Waals surface area contributed by atoms with Gasteiger partial charge in [-0.05, 0) is 55.0 Å². The van der Waals surface area contributed by atoms with E-state index < -0.39 is 10.0 Å². The third-order valence-electron chi connectivity index (χ3n) is 5.53. The number of anilines is 2. The quantitative estimate of drug-likeness (QED) is 0.297. The minimum absolute atomic E-state index is 0.0337. The Balaban J connectivity index is 1.43. The number of aromatic nitrogens is 4. The van der Waals surface area contributed by atoms with Gasteiger partial charge < -0.3 is 11.1 Å². The molecule has 3 aromatic carbocycles. The van der Waals surface area contributed by atoms with E-state index in [0.717, 1.165) is 10.9 Å². The normalized spacial score (nSPS) is 11.6. The molecule has 176 valence electrons. The van der Waals surface area contributed by atoms with Crippen LogP contribution in [0.5, 0.6) is 0 Å². The second-order valence-corrected chi connectivity index (χ2v) is 9.52. The summed E-state index contributed by atoms with van der Waals surface area (Å²) in [6.45, 7) is 1.80. The highest BCUT2D eigenvalue weighted by molar-refractivity contribution is 7.89. The Bertz CT molecular complexity index is 1690. The van der Waals surface area contributed by atoms with Gasteiger partial charge in [0.15, 0.2) is 5.82 Å². The van der Waals surface area contributed by atoms with E-state index >= 15 is 0 Å². The number of nitrogens with one attached hydrogen (secondary N) is 2. The van der Waals surface area contributed by atoms with Gasteiger partial charge in [0.2, 0.25) is 10.0 Å². The van der Waals surface area contributed by atoms with E-state index in [1.165, 1.54) is 6.07 Å². The molecule has 0 atom stereocenters. The van der Waals surface area contributed by atoms with E-state index in [9.17, 15) is 13.2 Å². The lowest BCUT2D eigenvalue weighted by Gasteiger charge is -2.11. The van der Waals surface area contributed by atoms with Crippen molar-refractivity contribution in [1.82, 2.24) is 20.0 Å². The van der Waals surface area contributed by atoms with E-state index in [4.69, 9.17) is 10.9 Å². The molecule has 0 saturated carbocycles. The Morgan fingerprint density at radius 1 is 1.03 bits per heavy atom. The summed E-state index contributed by atoms with van der Waals surface area (Å²) in [7, 11) is -3.88. The van der Waals surface area contributed by atoms with E-state index in [2.05, 4.69) is 20.6 Å². The molecule has 0 aliphatic heterocycles. The first-order valence-corrected chi connectivity index (χ1v) is 12.1. The standard InChI is InChI=1S/C24H21N7O3S/c1-14-12-21(31(30-14)17-10-11-20-19(13-17)23(25)29-28-20)24(32)27-16-8-6-15(7-9-16)18-4-2-3-5-22(18)35(26,33)34/h2-13H,1H3,(H,27,32)(H3,25,28,29)(H2,26,33,34). The Morgan fingerprint density at radius 3 is 2.51 bits per heavy atom. The molecule has 1 amide bonds. The molecular formula is C24H21N7O3S. The molecule has 0 aliphatic rings. The van der Waals surface area contributed by atoms with E-state index in [-0.39, 0.29) is 10.8 Å². The lowest BCUT2D eigenvalue weighted by atomic mass is 10.1. The number of H-pyrrole nitrogens is 1. The molecule has 0 spiro atoms. The molecule has 5 aromatic rings. The number of hydrogen-bond acceptors (Lipinski definition) is 6. The fourth-order valence-electron chi connectivity index (χ4n) is 3.89. The summed E-state index contributed by atoms with van der Waals surface area (Å²) < 4.78 is 25.4. The number of aryl methyl sites for hydroxylation is 1. The molecule has 6 N–H and O–H groups in total. The van der Waals surface area contributed by atoms with Crippen molar-refractivity contribution >= 4 is 38.3 Å². The van der Waals surface area contributed by atoms with E-state index in [1.54, 1.807) is 60.1 Å². The summed E-state index contributed by atoms with van der Waals surface area (Å²) in [5.41, 5.74) is 10.1. The van der Waals surface area contributed by atoms with E-state index in [0.29, 0.717) is 39.7 Å². The van der Waals surface area contributed by atoms with Crippen LogP contribution in [0.2, 0.25) is 0 Å². The number of hydrogen-bond donors (Lipinski definition) is 4. The molecular weight excluding hydrogens is 466 g/mol. The predicted octanol–water partition coefficient (Wildman–Crippen LogP) is 3.21. The lowest BCUT2D eigenvalue weighted by Crippen LogP contribution is -2.17. The van der Waals surface area contributed by atoms with Crippen LogP contribution in [0.15, 0.2) is 77.7 Å². The first-order valence-electron chi connectivity index (χ1n) is 10.5. The van der Waals surface area contributed by atoms with Crippen molar-refractivity contribution in [2.45, 2.75) is 11.8 Å². The molecule has 0 unspecified atom stereocenters. The topological polar surface area (TPSA) is 162 Å². The molecule has 0 saturated heterocycles. The summed E-state index contributed by atoms with van der Waals surface area (Å²) in [5.74, 6) is 0.00405. The smallest absolute Gasteiger partial charge is 0.274 e. The number of nitrogen functional groups attached to an aromatic ring is 1. The third-order valence-corrected chi connectivity index (χ3v) is 6.50. The Hall–Kier alpha value is -4.48. The van der Waals surface area contributed by atoms with Crippen molar-refractivity contribution in [3.05, 3.63) is 84.2 Å². The monoisotopic (exact) mass is 487 g/mol. The van der Waals surface area contributed by atoms with Gasteiger partial charge in [0.1, 0.15) is 5.69 Å². The van der Waals surface area contributed by atoms with Crippen molar-refractivity contribution in [1.29, 1.82) is 0 Å². The van der Waals surface area contributed by atoms with Gasteiger partial charge >= 0.3 is 0 Å². The van der Waals surface area contributed by atoms with Crippen LogP contribution in [-0.4, -0.2) is 34.3 Å². The van der Waals surface area contributed by atoms with Gasteiger partial charge in [0, 0.05) is 16.6 Å². The minimum atomic E-state index is -3.88. The Morgan fingerprint density at radius 2 is 1.77 bits per heavy atom. The Labute approximate surface area is 200 Å². The summed E-state index contributed by atoms with van der Waals surface area (Å²) in [5, 5.41) is 20.3. The van der Waals surface area contributed by atoms with Crippen molar-refractivity contribution in [3.8, 4) is 16.8 Å². The van der Waals surface area contributed by atoms with Crippen LogP contribution in [0.3, 0.4) is 0 Å². The largest absolute Gasteiger partial charge is 0.382 e. The van der Waals surface area contributed by atoms with Crippen molar-refractivity contribution < 1.29 is 13.2 Å². The van der Waals surface area contributed by atoms with Crippen LogP contribution >= 0.6 is 0 Å². The summed E-state index contributed by atoms with van der Waals surface area (Å²) in [6.07, 6.45) is 0. The van der Waals surface area contributed by atoms with Crippen LogP contribution in [0.4, 0.5) is 11.5 Å². The lowest BCUT2D eigenvalue weighted by molar-refractivity contribution is 0.101. The van der Waals surface area contributed by atoms with Crippen LogP contribution in [0.25, 0.3) is 27.7 Å². The van der Waals surface area contributed by atoms with Crippen molar-refractivity contribution in [2.75, 3.05) is 11.1 Å². The molecule has 2 aromatic heterocycles. The molecule has 0 aliphatic carbocycles. The first kappa shape index (κ1) is 22.3. The molecule has 11 heteroatoms. The van der Waals surface area contributed by atoms with Gasteiger partial charge in [-0.2, -0.15) is 10.2 Å². The fraction of sp³-hybridized carbons (Fsp3) is 0.0417. The number of sulfonamides is 1. The first-order chi connectivity index (χ1) is 16.7. The number of rotatable bonds is 5. The number of fused-ring (bicyclic) bond motifs is 1.